The smallest absolute Gasteiger partial charge is 0.417 e. The van der Waals surface area contributed by atoms with Crippen LogP contribution in [-0.2, 0) is 33.0 Å². The summed E-state index contributed by atoms with van der Waals surface area (Å²) >= 11 is 0. The Morgan fingerprint density at radius 3 is 1.79 bits per heavy atom. The summed E-state index contributed by atoms with van der Waals surface area (Å²) in [4.78, 5) is 91.3. The summed E-state index contributed by atoms with van der Waals surface area (Å²) in [5, 5.41) is 5.23. The van der Waals surface area contributed by atoms with Crippen molar-refractivity contribution < 1.29 is 71.1 Å². The molecule has 7 atom stereocenters. The van der Waals surface area contributed by atoms with Crippen LogP contribution in [-0.4, -0.2) is 149 Å². The molecule has 0 spiro atoms. The number of nitrogens with one attached hydrogen (secondary N) is 2. The number of methoxy groups -OCH3 is 2. The minimum atomic E-state index is -2.77. The van der Waals surface area contributed by atoms with Crippen molar-refractivity contribution in [3.05, 3.63) is 83.6 Å². The first-order valence-electron chi connectivity index (χ1n) is 31.4. The molecule has 3 aromatic carbocycles. The van der Waals surface area contributed by atoms with Gasteiger partial charge in [-0.2, -0.15) is 0 Å². The molecule has 23 heteroatoms. The molecule has 6 amide bonds. The van der Waals surface area contributed by atoms with Crippen molar-refractivity contribution in [1.82, 2.24) is 15.1 Å². The van der Waals surface area contributed by atoms with Crippen LogP contribution in [0.15, 0.2) is 66.9 Å². The van der Waals surface area contributed by atoms with E-state index in [0.717, 1.165) is 29.6 Å². The van der Waals surface area contributed by atoms with Crippen molar-refractivity contribution in [1.29, 1.82) is 0 Å². The average molecular weight is 1270 g/mol. The fourth-order valence-electron chi connectivity index (χ4n) is 11.1. The van der Waals surface area contributed by atoms with E-state index in [0.29, 0.717) is 74.6 Å². The van der Waals surface area contributed by atoms with Crippen LogP contribution in [0.2, 0.25) is 18.1 Å². The highest BCUT2D eigenvalue weighted by Gasteiger charge is 2.53. The number of anilines is 3. The Hall–Kier alpha value is -7.18. The first-order chi connectivity index (χ1) is 42.2. The van der Waals surface area contributed by atoms with Gasteiger partial charge < -0.3 is 68.5 Å². The highest BCUT2D eigenvalue weighted by Crippen LogP contribution is 2.48. The van der Waals surface area contributed by atoms with Gasteiger partial charge in [0.25, 0.3) is 11.8 Å². The van der Waals surface area contributed by atoms with Gasteiger partial charge in [-0.25, -0.2) is 19.4 Å². The molecule has 4 N–H and O–H groups in total. The second-order valence-corrected chi connectivity index (χ2v) is 32.5. The molecule has 0 aliphatic carbocycles. The van der Waals surface area contributed by atoms with Gasteiger partial charge in [0, 0.05) is 37.2 Å². The highest BCUT2D eigenvalue weighted by atomic mass is 28.4. The zero-order chi connectivity index (χ0) is 65.9. The number of amides is 6. The number of hydrogen-bond acceptors (Lipinski definition) is 16. The first-order valence-corrected chi connectivity index (χ1v) is 34.3. The SMILES string of the molecule is C=C1C[C@H]2[C@H](OC3CCCCO3)N(C(=O)OC(C)(C)C)c3cc(OCCCCCOc4cc5c(cc4OC)C(=O)N4C=C(c6ccc(NC(=O)[C@H](C)NC(=O)[C@@H](N)C(C)C)cc6)C[C@H]4[C@H](O[Si](C)(C)C(C)(C)C)N5C(=O)OC(C)(C)C)c(OC)cc3C(=O)N2C1. The number of fused-ring (bicyclic) bond motifs is 4. The molecule has 1 unspecified atom stereocenters. The molecule has 0 saturated carbocycles. The summed E-state index contributed by atoms with van der Waals surface area (Å²) < 4.78 is 56.9. The van der Waals surface area contributed by atoms with Crippen molar-refractivity contribution in [3.8, 4) is 23.0 Å². The Morgan fingerprint density at radius 2 is 1.28 bits per heavy atom. The van der Waals surface area contributed by atoms with Gasteiger partial charge in [0.1, 0.15) is 17.2 Å². The molecule has 22 nitrogen and oxygen atoms in total. The fourth-order valence-corrected chi connectivity index (χ4v) is 12.3. The Balaban J connectivity index is 1.02. The lowest BCUT2D eigenvalue weighted by Crippen LogP contribution is -2.58. The molecule has 0 aromatic heterocycles. The summed E-state index contributed by atoms with van der Waals surface area (Å²) in [6.07, 6.45) is 2.67. The van der Waals surface area contributed by atoms with Crippen molar-refractivity contribution >= 4 is 66.8 Å². The van der Waals surface area contributed by atoms with Gasteiger partial charge in [-0.1, -0.05) is 58.9 Å². The number of hydrogen-bond donors (Lipinski definition) is 3. The lowest BCUT2D eigenvalue weighted by Gasteiger charge is -2.44. The molecule has 2 saturated heterocycles. The number of benzene rings is 3. The number of carbonyl (C=O) groups is 6. The van der Waals surface area contributed by atoms with Crippen LogP contribution in [0.3, 0.4) is 0 Å². The van der Waals surface area contributed by atoms with Gasteiger partial charge in [-0.05, 0) is 159 Å². The highest BCUT2D eigenvalue weighted by molar-refractivity contribution is 6.74. The van der Waals surface area contributed by atoms with Crippen LogP contribution in [0.5, 0.6) is 23.0 Å². The van der Waals surface area contributed by atoms with E-state index >= 15 is 9.59 Å². The quantitative estimate of drug-likeness (QED) is 0.0540. The molecular weight excluding hydrogens is 1170 g/mol. The van der Waals surface area contributed by atoms with E-state index in [2.05, 4.69) is 51.1 Å². The summed E-state index contributed by atoms with van der Waals surface area (Å²) in [6.45, 7) is 31.9. The minimum absolute atomic E-state index is 0.105. The van der Waals surface area contributed by atoms with Crippen LogP contribution in [0.25, 0.3) is 5.57 Å². The number of carbonyl (C=O) groups excluding carboxylic acids is 6. The van der Waals surface area contributed by atoms with E-state index in [-0.39, 0.29) is 58.3 Å². The van der Waals surface area contributed by atoms with E-state index in [4.69, 9.17) is 48.1 Å². The normalized spacial score (nSPS) is 21.0. The number of nitrogens with two attached hydrogens (primary N) is 1. The van der Waals surface area contributed by atoms with Gasteiger partial charge in [0.05, 0.1) is 68.1 Å². The maximum atomic E-state index is 15.3. The molecular formula is C67H95N7O15Si. The second-order valence-electron chi connectivity index (χ2n) is 27.7. The number of rotatable bonds is 20. The molecule has 5 heterocycles. The topological polar surface area (TPSA) is 249 Å². The lowest BCUT2D eigenvalue weighted by atomic mass is 10.0. The van der Waals surface area contributed by atoms with Gasteiger partial charge in [-0.3, -0.25) is 19.2 Å². The summed E-state index contributed by atoms with van der Waals surface area (Å²) in [7, 11) is 0.218. The molecule has 0 radical (unpaired) electrons. The second kappa shape index (κ2) is 27.7. The summed E-state index contributed by atoms with van der Waals surface area (Å²) in [5.74, 6) is -0.459. The first kappa shape index (κ1) is 68.7. The van der Waals surface area contributed by atoms with Crippen molar-refractivity contribution in [2.24, 2.45) is 11.7 Å². The minimum Gasteiger partial charge on any atom is -0.493 e. The van der Waals surface area contributed by atoms with Gasteiger partial charge in [0.2, 0.25) is 11.8 Å². The average Bonchev–Trinajstić information content (AvgIpc) is 1.57. The van der Waals surface area contributed by atoms with Crippen molar-refractivity contribution in [2.75, 3.05) is 55.7 Å². The molecule has 8 rings (SSSR count). The van der Waals surface area contributed by atoms with Crippen molar-refractivity contribution in [2.45, 2.75) is 207 Å². The van der Waals surface area contributed by atoms with E-state index in [1.807, 2.05) is 26.0 Å². The summed E-state index contributed by atoms with van der Waals surface area (Å²) in [6, 6.07) is 10.8. The van der Waals surface area contributed by atoms with E-state index in [1.165, 1.54) is 24.0 Å². The monoisotopic (exact) mass is 1270 g/mol. The Morgan fingerprint density at radius 1 is 0.722 bits per heavy atom. The number of nitrogens with zero attached hydrogens (tertiary/aromatic N) is 4. The predicted octanol–water partition coefficient (Wildman–Crippen LogP) is 11.5. The lowest BCUT2D eigenvalue weighted by molar-refractivity contribution is -0.195. The van der Waals surface area contributed by atoms with Gasteiger partial charge >= 0.3 is 12.2 Å². The Kier molecular flexibility index (Phi) is 21.2. The van der Waals surface area contributed by atoms with E-state index in [9.17, 15) is 19.2 Å². The number of unbranched alkanes of at least 4 members (excludes halogenated alkanes) is 2. The standard InChI is InChI=1S/C67H95N7O15Si/c1-39(2)56(68)58(76)69-41(4)57(75)70-44-26-24-42(25-27-44)43-32-50-62(89-90(16,17)67(11,12)13)74(64(80)88-66(8,9)10)48-36-54(52(82-15)34-46(48)60(78)72(50)38-43)84-29-21-18-20-28-83-53-35-47-45(33-51(53)81-14)59(77)71-37-40(3)31-49(71)61(86-55-23-19-22-30-85-55)73(47)63(79)87-65(5,6)7/h24-27,33-36,38-39,41,49-50,55-56,61-62H,3,18-23,28-32,37,68H2,1-2,4-17H3,(H,69,76)(H,70,75)/t41-,49-,50-,55?,56-,61-,62-/m0/s1. The largest absolute Gasteiger partial charge is 0.493 e. The third-order valence-corrected chi connectivity index (χ3v) is 21.5. The molecule has 90 heavy (non-hydrogen) atoms. The van der Waals surface area contributed by atoms with Crippen molar-refractivity contribution in [3.63, 3.8) is 0 Å². The molecule has 0 bridgehead atoms. The molecule has 5 aliphatic rings. The molecule has 2 fully saturated rings. The maximum absolute atomic E-state index is 15.3. The maximum Gasteiger partial charge on any atom is 0.417 e. The van der Waals surface area contributed by atoms with Gasteiger partial charge in [-0.15, -0.1) is 0 Å². The van der Waals surface area contributed by atoms with Crippen LogP contribution in [0, 0.1) is 5.92 Å². The zero-order valence-electron chi connectivity index (χ0n) is 55.5. The summed E-state index contributed by atoms with van der Waals surface area (Å²) in [5.41, 5.74) is 7.97. The number of ether oxygens (including phenoxy) is 8. The Bertz CT molecular complexity index is 3200. The van der Waals surface area contributed by atoms with Crippen LogP contribution in [0.4, 0.5) is 26.7 Å². The van der Waals surface area contributed by atoms with Gasteiger partial charge in [0.15, 0.2) is 50.1 Å². The van der Waals surface area contributed by atoms with Crippen LogP contribution in [0.1, 0.15) is 161 Å². The molecule has 492 valence electrons. The molecule has 5 aliphatic heterocycles. The molecule has 3 aromatic rings. The third-order valence-electron chi connectivity index (χ3n) is 17.0. The van der Waals surface area contributed by atoms with E-state index < -0.39 is 92.3 Å². The Labute approximate surface area is 531 Å². The van der Waals surface area contributed by atoms with Crippen LogP contribution >= 0.6 is 0 Å². The van der Waals surface area contributed by atoms with E-state index in [1.54, 1.807) is 101 Å². The predicted molar refractivity (Wildman–Crippen MR) is 345 cm³/mol. The third kappa shape index (κ3) is 15.7. The zero-order valence-corrected chi connectivity index (χ0v) is 56.5. The van der Waals surface area contributed by atoms with Crippen LogP contribution < -0.4 is 45.1 Å². The fraction of sp³-hybridized carbons (Fsp3) is 0.582.